The van der Waals surface area contributed by atoms with E-state index in [1.165, 1.54) is 18.2 Å². The second-order valence-corrected chi connectivity index (χ2v) is 2.04. The fourth-order valence-electron chi connectivity index (χ4n) is 0.740. The molecule has 0 heterocycles. The van der Waals surface area contributed by atoms with Crippen molar-refractivity contribution in [2.45, 2.75) is 0 Å². The fraction of sp³-hybridized carbons (Fsp3) is 0. The summed E-state index contributed by atoms with van der Waals surface area (Å²) in [5.41, 5.74) is 5.08. The van der Waals surface area contributed by atoms with Crippen LogP contribution in [0, 0.1) is 0 Å². The van der Waals surface area contributed by atoms with Gasteiger partial charge in [0.05, 0.1) is 11.3 Å². The van der Waals surface area contributed by atoms with E-state index in [0.717, 1.165) is 0 Å². The molecule has 12 heavy (non-hydrogen) atoms. The zero-order valence-electron chi connectivity index (χ0n) is 6.02. The van der Waals surface area contributed by atoms with Crippen molar-refractivity contribution in [2.75, 3.05) is 5.73 Å². The number of rotatable bonds is 1. The molecule has 4 N–H and O–H groups in total. The van der Waals surface area contributed by atoms with Crippen LogP contribution < -0.4 is 5.73 Å². The Morgan fingerprint density at radius 2 is 2.00 bits per heavy atom. The first-order valence-corrected chi connectivity index (χ1v) is 2.93. The number of para-hydroxylation sites is 1. The molecule has 0 aliphatic rings. The van der Waals surface area contributed by atoms with Crippen molar-refractivity contribution in [3.8, 4) is 5.75 Å². The highest BCUT2D eigenvalue weighted by molar-refractivity contribution is 5.95. The summed E-state index contributed by atoms with van der Waals surface area (Å²) in [7, 11) is 0. The number of carboxylic acids is 1. The predicted molar refractivity (Wildman–Crippen MR) is 46.7 cm³/mol. The van der Waals surface area contributed by atoms with E-state index in [1.807, 2.05) is 0 Å². The number of carboxylic acid groups (broad SMARTS) is 1. The molecular formula is C7H8ClNO3. The Hall–Kier alpha value is -1.42. The maximum absolute atomic E-state index is 10.4. The smallest absolute Gasteiger partial charge is 0.337 e. The van der Waals surface area contributed by atoms with E-state index in [9.17, 15) is 4.79 Å². The van der Waals surface area contributed by atoms with E-state index in [1.54, 1.807) is 0 Å². The minimum absolute atomic E-state index is 0. The molecule has 0 saturated heterocycles. The molecule has 0 unspecified atom stereocenters. The Kier molecular flexibility index (Phi) is 3.37. The number of phenols is 1. The molecule has 4 nitrogen and oxygen atoms in total. The number of carbonyl (C=O) groups is 1. The molecule has 0 aliphatic carbocycles. The van der Waals surface area contributed by atoms with Gasteiger partial charge in [-0.2, -0.15) is 0 Å². The van der Waals surface area contributed by atoms with Crippen LogP contribution in [0.25, 0.3) is 0 Å². The molecule has 0 bridgehead atoms. The lowest BCUT2D eigenvalue weighted by Crippen LogP contribution is -2.01. The molecule has 0 saturated carbocycles. The van der Waals surface area contributed by atoms with Gasteiger partial charge in [-0.1, -0.05) is 6.07 Å². The highest BCUT2D eigenvalue weighted by Gasteiger charge is 2.09. The molecular weight excluding hydrogens is 182 g/mol. The Balaban J connectivity index is 0.00000121. The van der Waals surface area contributed by atoms with Gasteiger partial charge in [-0.3, -0.25) is 0 Å². The van der Waals surface area contributed by atoms with Gasteiger partial charge in [0.2, 0.25) is 0 Å². The van der Waals surface area contributed by atoms with Gasteiger partial charge in [0.25, 0.3) is 0 Å². The first-order chi connectivity index (χ1) is 5.13. The van der Waals surface area contributed by atoms with Gasteiger partial charge in [-0.15, -0.1) is 12.4 Å². The highest BCUT2D eigenvalue weighted by Crippen LogP contribution is 2.22. The minimum Gasteiger partial charge on any atom is -0.506 e. The number of aromatic carboxylic acids is 1. The number of hydrogen-bond donors (Lipinski definition) is 3. The predicted octanol–water partition coefficient (Wildman–Crippen LogP) is 1.09. The molecule has 1 aromatic carbocycles. The Morgan fingerprint density at radius 3 is 2.42 bits per heavy atom. The second kappa shape index (κ2) is 3.82. The molecule has 1 rings (SSSR count). The topological polar surface area (TPSA) is 83.5 Å². The van der Waals surface area contributed by atoms with E-state index in [-0.39, 0.29) is 29.4 Å². The number of aromatic hydroxyl groups is 1. The summed E-state index contributed by atoms with van der Waals surface area (Å²) in [5.74, 6) is -1.34. The van der Waals surface area contributed by atoms with E-state index < -0.39 is 5.97 Å². The summed E-state index contributed by atoms with van der Waals surface area (Å²) in [5, 5.41) is 17.5. The summed E-state index contributed by atoms with van der Waals surface area (Å²) in [6.45, 7) is 0. The number of nitrogen functional groups attached to an aromatic ring is 1. The SMILES string of the molecule is Cl.Nc1c(O)cccc1C(=O)O. The van der Waals surface area contributed by atoms with E-state index >= 15 is 0 Å². The van der Waals surface area contributed by atoms with Gasteiger partial charge in [0.1, 0.15) is 5.75 Å². The second-order valence-electron chi connectivity index (χ2n) is 2.04. The quantitative estimate of drug-likeness (QED) is 0.456. The number of phenolic OH excluding ortho intramolecular Hbond substituents is 1. The number of nitrogens with two attached hydrogens (primary N) is 1. The zero-order chi connectivity index (χ0) is 8.43. The third kappa shape index (κ3) is 1.79. The lowest BCUT2D eigenvalue weighted by Gasteiger charge is -2.00. The van der Waals surface area contributed by atoms with Crippen molar-refractivity contribution in [1.29, 1.82) is 0 Å². The van der Waals surface area contributed by atoms with Crippen molar-refractivity contribution in [1.82, 2.24) is 0 Å². The van der Waals surface area contributed by atoms with Crippen molar-refractivity contribution >= 4 is 24.1 Å². The Labute approximate surface area is 75.0 Å². The fourth-order valence-corrected chi connectivity index (χ4v) is 0.740. The van der Waals surface area contributed by atoms with Crippen LogP contribution >= 0.6 is 12.4 Å². The number of anilines is 1. The lowest BCUT2D eigenvalue weighted by atomic mass is 10.2. The molecule has 0 aromatic heterocycles. The first kappa shape index (κ1) is 10.6. The summed E-state index contributed by atoms with van der Waals surface area (Å²) >= 11 is 0. The Morgan fingerprint density at radius 1 is 1.42 bits per heavy atom. The average molecular weight is 190 g/mol. The van der Waals surface area contributed by atoms with E-state index in [2.05, 4.69) is 0 Å². The Bertz CT molecular complexity index is 301. The van der Waals surface area contributed by atoms with Crippen LogP contribution in [-0.4, -0.2) is 16.2 Å². The van der Waals surface area contributed by atoms with Crippen molar-refractivity contribution in [2.24, 2.45) is 0 Å². The third-order valence-electron chi connectivity index (χ3n) is 1.31. The van der Waals surface area contributed by atoms with Crippen molar-refractivity contribution < 1.29 is 15.0 Å². The molecule has 5 heteroatoms. The average Bonchev–Trinajstić information content (AvgIpc) is 1.94. The monoisotopic (exact) mass is 189 g/mol. The standard InChI is InChI=1S/C7H7NO3.ClH/c8-6-4(7(10)11)2-1-3-5(6)9;/h1-3,9H,8H2,(H,10,11);1H. The normalized spacial score (nSPS) is 8.67. The van der Waals surface area contributed by atoms with Gasteiger partial charge >= 0.3 is 5.97 Å². The van der Waals surface area contributed by atoms with Crippen LogP contribution in [0.15, 0.2) is 18.2 Å². The van der Waals surface area contributed by atoms with Gasteiger partial charge in [-0.25, -0.2) is 4.79 Å². The van der Waals surface area contributed by atoms with Gasteiger partial charge in [-0.05, 0) is 12.1 Å². The van der Waals surface area contributed by atoms with Crippen LogP contribution in [0.4, 0.5) is 5.69 Å². The van der Waals surface area contributed by atoms with Crippen LogP contribution in [0.1, 0.15) is 10.4 Å². The highest BCUT2D eigenvalue weighted by atomic mass is 35.5. The van der Waals surface area contributed by atoms with Gasteiger partial charge in [0, 0.05) is 0 Å². The molecule has 0 spiro atoms. The molecule has 0 atom stereocenters. The number of benzene rings is 1. The van der Waals surface area contributed by atoms with Crippen molar-refractivity contribution in [3.63, 3.8) is 0 Å². The lowest BCUT2D eigenvalue weighted by molar-refractivity contribution is 0.0697. The maximum atomic E-state index is 10.4. The molecule has 0 radical (unpaired) electrons. The van der Waals surface area contributed by atoms with Gasteiger partial charge < -0.3 is 15.9 Å². The van der Waals surface area contributed by atoms with Crippen LogP contribution in [0.5, 0.6) is 5.75 Å². The third-order valence-corrected chi connectivity index (χ3v) is 1.31. The largest absolute Gasteiger partial charge is 0.506 e. The maximum Gasteiger partial charge on any atom is 0.337 e. The van der Waals surface area contributed by atoms with E-state index in [0.29, 0.717) is 0 Å². The molecule has 66 valence electrons. The molecule has 0 fully saturated rings. The summed E-state index contributed by atoms with van der Waals surface area (Å²) in [4.78, 5) is 10.4. The van der Waals surface area contributed by atoms with Crippen molar-refractivity contribution in [3.05, 3.63) is 23.8 Å². The first-order valence-electron chi connectivity index (χ1n) is 2.93. The summed E-state index contributed by atoms with van der Waals surface area (Å²) < 4.78 is 0. The summed E-state index contributed by atoms with van der Waals surface area (Å²) in [6.07, 6.45) is 0. The zero-order valence-corrected chi connectivity index (χ0v) is 6.84. The summed E-state index contributed by atoms with van der Waals surface area (Å²) in [6, 6.07) is 4.09. The minimum atomic E-state index is -1.14. The molecule has 1 aromatic rings. The van der Waals surface area contributed by atoms with Gasteiger partial charge in [0.15, 0.2) is 0 Å². The molecule has 0 aliphatic heterocycles. The van der Waals surface area contributed by atoms with Crippen LogP contribution in [0.3, 0.4) is 0 Å². The van der Waals surface area contributed by atoms with Crippen LogP contribution in [-0.2, 0) is 0 Å². The molecule has 0 amide bonds. The number of hydrogen-bond acceptors (Lipinski definition) is 3. The van der Waals surface area contributed by atoms with Crippen LogP contribution in [0.2, 0.25) is 0 Å². The van der Waals surface area contributed by atoms with E-state index in [4.69, 9.17) is 15.9 Å². The number of halogens is 1.